The van der Waals surface area contributed by atoms with E-state index in [-0.39, 0.29) is 18.9 Å². The zero-order chi connectivity index (χ0) is 36.3. The molecule has 2 atom stereocenters. The molecule has 0 aromatic heterocycles. The maximum Gasteiger partial charge on any atom is 0.266 e. The van der Waals surface area contributed by atoms with Gasteiger partial charge >= 0.3 is 0 Å². The standard InChI is InChI=1S/C42H42BrN3O6/c1-49-37-21-22-38(50-2)34(27-37)23-24-44-46-41(48)42(28-29-9-17-35(43)18-10-29)39(32-13-11-31(12-14-32)30-7-4-3-5-8-30)52-40(45-42)33-15-19-36(20-16-33)51-26-6-25-47/h3-5,7-22,27,39,44,47H,6,23-26,28H2,1-2H3,(H,46,48)/t39-,42-/m0/s1. The van der Waals surface area contributed by atoms with E-state index < -0.39 is 11.6 Å². The van der Waals surface area contributed by atoms with Crippen molar-refractivity contribution in [3.8, 4) is 28.4 Å². The Hall–Kier alpha value is -5.16. The highest BCUT2D eigenvalue weighted by molar-refractivity contribution is 9.10. The van der Waals surface area contributed by atoms with Crippen molar-refractivity contribution >= 4 is 27.7 Å². The van der Waals surface area contributed by atoms with Crippen LogP contribution < -0.4 is 25.1 Å². The molecule has 0 saturated carbocycles. The fraction of sp³-hybridized carbons (Fsp3) is 0.238. The van der Waals surface area contributed by atoms with Crippen LogP contribution in [0.5, 0.6) is 17.2 Å². The summed E-state index contributed by atoms with van der Waals surface area (Å²) < 4.78 is 24.4. The average molecular weight is 765 g/mol. The molecule has 9 nitrogen and oxygen atoms in total. The number of hydrogen-bond donors (Lipinski definition) is 3. The normalized spacial score (nSPS) is 16.5. The van der Waals surface area contributed by atoms with Crippen LogP contribution in [-0.4, -0.2) is 56.4 Å². The molecule has 1 heterocycles. The first kappa shape index (κ1) is 36.6. The highest BCUT2D eigenvalue weighted by Gasteiger charge is 2.53. The Labute approximate surface area is 312 Å². The van der Waals surface area contributed by atoms with Crippen LogP contribution in [0.4, 0.5) is 0 Å². The predicted molar refractivity (Wildman–Crippen MR) is 206 cm³/mol. The van der Waals surface area contributed by atoms with E-state index in [4.69, 9.17) is 29.0 Å². The number of aliphatic hydroxyl groups excluding tert-OH is 1. The largest absolute Gasteiger partial charge is 0.497 e. The number of hydrogen-bond acceptors (Lipinski definition) is 8. The molecular weight excluding hydrogens is 722 g/mol. The molecule has 0 spiro atoms. The van der Waals surface area contributed by atoms with Gasteiger partial charge in [-0.1, -0.05) is 82.7 Å². The number of hydrazine groups is 1. The van der Waals surface area contributed by atoms with Crippen molar-refractivity contribution in [2.75, 3.05) is 34.0 Å². The smallest absolute Gasteiger partial charge is 0.266 e. The summed E-state index contributed by atoms with van der Waals surface area (Å²) in [5, 5.41) is 9.14. The van der Waals surface area contributed by atoms with E-state index in [0.717, 1.165) is 43.8 Å². The highest BCUT2D eigenvalue weighted by Crippen LogP contribution is 2.43. The molecule has 1 amide bonds. The van der Waals surface area contributed by atoms with E-state index in [9.17, 15) is 4.79 Å². The van der Waals surface area contributed by atoms with Gasteiger partial charge in [0.1, 0.15) is 17.2 Å². The molecule has 0 saturated heterocycles. The van der Waals surface area contributed by atoms with Gasteiger partial charge in [-0.05, 0) is 88.8 Å². The molecule has 10 heteroatoms. The summed E-state index contributed by atoms with van der Waals surface area (Å²) in [6, 6.07) is 39.2. The van der Waals surface area contributed by atoms with Crippen LogP contribution in [0, 0.1) is 0 Å². The number of nitrogens with one attached hydrogen (secondary N) is 2. The molecule has 0 unspecified atom stereocenters. The number of amides is 1. The molecule has 0 radical (unpaired) electrons. The first-order valence-electron chi connectivity index (χ1n) is 17.2. The fourth-order valence-corrected chi connectivity index (χ4v) is 6.47. The minimum absolute atomic E-state index is 0.0585. The molecular formula is C42H42BrN3O6. The fourth-order valence-electron chi connectivity index (χ4n) is 6.20. The summed E-state index contributed by atoms with van der Waals surface area (Å²) in [5.41, 5.74) is 10.3. The second-order valence-electron chi connectivity index (χ2n) is 12.4. The van der Waals surface area contributed by atoms with Crippen LogP contribution in [0.15, 0.2) is 131 Å². The topological polar surface area (TPSA) is 111 Å². The van der Waals surface area contributed by atoms with E-state index >= 15 is 0 Å². The summed E-state index contributed by atoms with van der Waals surface area (Å²) in [6.07, 6.45) is 0.630. The number of carbonyl (C=O) groups excluding carboxylic acids is 1. The van der Waals surface area contributed by atoms with E-state index in [2.05, 4.69) is 38.9 Å². The Bertz CT molecular complexity index is 1950. The number of nitrogens with zero attached hydrogens (tertiary/aromatic N) is 1. The number of carbonyl (C=O) groups is 1. The second kappa shape index (κ2) is 17.4. The third-order valence-corrected chi connectivity index (χ3v) is 9.47. The van der Waals surface area contributed by atoms with Crippen molar-refractivity contribution in [3.63, 3.8) is 0 Å². The number of benzene rings is 5. The third kappa shape index (κ3) is 8.65. The highest BCUT2D eigenvalue weighted by atomic mass is 79.9. The Morgan fingerprint density at radius 3 is 2.23 bits per heavy atom. The minimum Gasteiger partial charge on any atom is -0.497 e. The molecule has 0 aliphatic carbocycles. The summed E-state index contributed by atoms with van der Waals surface area (Å²) in [5.74, 6) is 2.16. The van der Waals surface area contributed by atoms with Crippen LogP contribution in [-0.2, 0) is 22.4 Å². The van der Waals surface area contributed by atoms with Gasteiger partial charge in [0.05, 0.1) is 20.8 Å². The lowest BCUT2D eigenvalue weighted by Crippen LogP contribution is -2.54. The van der Waals surface area contributed by atoms with Crippen molar-refractivity contribution in [1.29, 1.82) is 0 Å². The summed E-state index contributed by atoms with van der Waals surface area (Å²) in [4.78, 5) is 19.8. The van der Waals surface area contributed by atoms with Gasteiger partial charge in [-0.2, -0.15) is 0 Å². The number of halogens is 1. The first-order valence-corrected chi connectivity index (χ1v) is 18.0. The SMILES string of the molecule is COc1ccc(OC)c(CCNNC(=O)[C@@]2(Cc3ccc(Br)cc3)N=C(c3ccc(OCCCO)cc3)O[C@H]2c2ccc(-c3ccccc3)cc2)c1. The van der Waals surface area contributed by atoms with Crippen molar-refractivity contribution in [2.45, 2.75) is 30.9 Å². The number of rotatable bonds is 16. The maximum atomic E-state index is 14.7. The molecule has 1 aliphatic rings. The van der Waals surface area contributed by atoms with Gasteiger partial charge < -0.3 is 24.1 Å². The van der Waals surface area contributed by atoms with Crippen LogP contribution in [0.2, 0.25) is 0 Å². The van der Waals surface area contributed by atoms with Gasteiger partial charge in [-0.3, -0.25) is 10.2 Å². The van der Waals surface area contributed by atoms with Gasteiger partial charge in [-0.15, -0.1) is 0 Å². The molecule has 5 aromatic rings. The molecule has 3 N–H and O–H groups in total. The second-order valence-corrected chi connectivity index (χ2v) is 13.3. The lowest BCUT2D eigenvalue weighted by Gasteiger charge is -2.31. The van der Waals surface area contributed by atoms with Crippen LogP contribution in [0.25, 0.3) is 11.1 Å². The molecule has 6 rings (SSSR count). The Balaban J connectivity index is 1.34. The quantitative estimate of drug-likeness (QED) is 0.0717. The van der Waals surface area contributed by atoms with Crippen LogP contribution in [0.1, 0.15) is 34.8 Å². The molecule has 0 fully saturated rings. The van der Waals surface area contributed by atoms with Crippen molar-refractivity contribution < 1.29 is 28.8 Å². The van der Waals surface area contributed by atoms with Gasteiger partial charge in [0.15, 0.2) is 11.6 Å². The van der Waals surface area contributed by atoms with E-state index in [1.54, 1.807) is 14.2 Å². The Kier molecular flexibility index (Phi) is 12.2. The number of ether oxygens (including phenoxy) is 4. The molecule has 0 bridgehead atoms. The van der Waals surface area contributed by atoms with Crippen molar-refractivity contribution in [1.82, 2.24) is 10.9 Å². The lowest BCUT2D eigenvalue weighted by atomic mass is 9.82. The third-order valence-electron chi connectivity index (χ3n) is 8.95. The number of methoxy groups -OCH3 is 2. The van der Waals surface area contributed by atoms with Crippen molar-refractivity contribution in [2.24, 2.45) is 4.99 Å². The zero-order valence-corrected chi connectivity index (χ0v) is 30.8. The monoisotopic (exact) mass is 763 g/mol. The molecule has 1 aliphatic heterocycles. The van der Waals surface area contributed by atoms with Crippen LogP contribution in [0.3, 0.4) is 0 Å². The molecule has 268 valence electrons. The minimum atomic E-state index is -1.38. The van der Waals surface area contributed by atoms with Gasteiger partial charge in [0.2, 0.25) is 5.90 Å². The molecule has 5 aromatic carbocycles. The Morgan fingerprint density at radius 2 is 1.54 bits per heavy atom. The summed E-state index contributed by atoms with van der Waals surface area (Å²) >= 11 is 3.54. The van der Waals surface area contributed by atoms with Gasteiger partial charge in [-0.25, -0.2) is 10.4 Å². The first-order chi connectivity index (χ1) is 25.4. The van der Waals surface area contributed by atoms with Gasteiger partial charge in [0.25, 0.3) is 5.91 Å². The molecule has 52 heavy (non-hydrogen) atoms. The summed E-state index contributed by atoms with van der Waals surface area (Å²) in [6.45, 7) is 0.890. The summed E-state index contributed by atoms with van der Waals surface area (Å²) in [7, 11) is 3.26. The average Bonchev–Trinajstić information content (AvgIpc) is 3.58. The van der Waals surface area contributed by atoms with E-state index in [1.807, 2.05) is 109 Å². The van der Waals surface area contributed by atoms with Crippen molar-refractivity contribution in [3.05, 3.63) is 148 Å². The maximum absolute atomic E-state index is 14.7. The zero-order valence-electron chi connectivity index (χ0n) is 29.2. The van der Waals surface area contributed by atoms with Crippen LogP contribution >= 0.6 is 15.9 Å². The van der Waals surface area contributed by atoms with E-state index in [0.29, 0.717) is 43.2 Å². The number of aliphatic imine (C=N–C) groups is 1. The lowest BCUT2D eigenvalue weighted by molar-refractivity contribution is -0.130. The Morgan fingerprint density at radius 1 is 0.846 bits per heavy atom. The number of aliphatic hydroxyl groups is 1. The van der Waals surface area contributed by atoms with Gasteiger partial charge in [0, 0.05) is 36.0 Å². The predicted octanol–water partition coefficient (Wildman–Crippen LogP) is 7.26. The van der Waals surface area contributed by atoms with E-state index in [1.165, 1.54) is 0 Å².